The molecule has 0 saturated carbocycles. The van der Waals surface area contributed by atoms with Crippen molar-refractivity contribution in [1.82, 2.24) is 20.4 Å². The maximum absolute atomic E-state index is 5.41. The second-order valence-electron chi connectivity index (χ2n) is 8.24. The number of halogens is 1. The molecule has 1 fully saturated rings. The van der Waals surface area contributed by atoms with Gasteiger partial charge in [-0.15, -0.1) is 24.0 Å². The number of benzene rings is 1. The van der Waals surface area contributed by atoms with Gasteiger partial charge in [0.2, 0.25) is 0 Å². The second-order valence-corrected chi connectivity index (χ2v) is 8.24. The lowest BCUT2D eigenvalue weighted by Gasteiger charge is -2.39. The summed E-state index contributed by atoms with van der Waals surface area (Å²) in [5.41, 5.74) is 1.20. The van der Waals surface area contributed by atoms with Crippen LogP contribution in [0.2, 0.25) is 0 Å². The Labute approximate surface area is 206 Å². The number of nitrogens with zero attached hydrogens (tertiary/aromatic N) is 3. The molecule has 2 N–H and O–H groups in total. The van der Waals surface area contributed by atoms with E-state index in [4.69, 9.17) is 14.5 Å². The third kappa shape index (κ3) is 9.02. The molecule has 7 nitrogen and oxygen atoms in total. The summed E-state index contributed by atoms with van der Waals surface area (Å²) >= 11 is 0. The number of ether oxygens (including phenoxy) is 2. The molecule has 0 amide bonds. The number of rotatable bonds is 10. The van der Waals surface area contributed by atoms with E-state index in [0.29, 0.717) is 12.0 Å². The van der Waals surface area contributed by atoms with Crippen LogP contribution < -0.4 is 20.1 Å². The van der Waals surface area contributed by atoms with Gasteiger partial charge in [-0.05, 0) is 44.0 Å². The minimum Gasteiger partial charge on any atom is -0.493 e. The molecule has 0 radical (unpaired) electrons. The van der Waals surface area contributed by atoms with Crippen LogP contribution in [0.5, 0.6) is 11.5 Å². The van der Waals surface area contributed by atoms with E-state index >= 15 is 0 Å². The van der Waals surface area contributed by atoms with Crippen molar-refractivity contribution in [2.75, 3.05) is 67.1 Å². The predicted octanol–water partition coefficient (Wildman–Crippen LogP) is 2.69. The zero-order chi connectivity index (χ0) is 21.9. The zero-order valence-electron chi connectivity index (χ0n) is 20.1. The third-order valence-corrected chi connectivity index (χ3v) is 5.71. The molecule has 2 rings (SSSR count). The lowest BCUT2D eigenvalue weighted by molar-refractivity contribution is 0.0925. The van der Waals surface area contributed by atoms with Crippen molar-refractivity contribution in [2.45, 2.75) is 33.2 Å². The molecule has 31 heavy (non-hydrogen) atoms. The van der Waals surface area contributed by atoms with E-state index < -0.39 is 0 Å². The molecule has 1 atom stereocenters. The molecule has 1 saturated heterocycles. The van der Waals surface area contributed by atoms with Crippen LogP contribution in [0.15, 0.2) is 23.2 Å². The van der Waals surface area contributed by atoms with Crippen LogP contribution in [0.4, 0.5) is 0 Å². The molecule has 1 unspecified atom stereocenters. The van der Waals surface area contributed by atoms with Gasteiger partial charge in [0.25, 0.3) is 0 Å². The highest BCUT2D eigenvalue weighted by molar-refractivity contribution is 14.0. The topological polar surface area (TPSA) is 61.4 Å². The molecular formula is C23H42IN5O2. The van der Waals surface area contributed by atoms with Crippen molar-refractivity contribution in [1.29, 1.82) is 0 Å². The summed E-state index contributed by atoms with van der Waals surface area (Å²) in [6.45, 7) is 13.7. The monoisotopic (exact) mass is 547 g/mol. The van der Waals surface area contributed by atoms with Crippen LogP contribution in [0.25, 0.3) is 0 Å². The summed E-state index contributed by atoms with van der Waals surface area (Å²) in [5, 5.41) is 6.86. The van der Waals surface area contributed by atoms with Crippen LogP contribution in [-0.2, 0) is 6.42 Å². The van der Waals surface area contributed by atoms with Gasteiger partial charge in [0.05, 0.1) is 20.8 Å². The minimum atomic E-state index is 0. The van der Waals surface area contributed by atoms with E-state index in [9.17, 15) is 0 Å². The van der Waals surface area contributed by atoms with E-state index in [-0.39, 0.29) is 24.0 Å². The molecular weight excluding hydrogens is 505 g/mol. The van der Waals surface area contributed by atoms with Gasteiger partial charge >= 0.3 is 0 Å². The first-order valence-electron chi connectivity index (χ1n) is 11.1. The quantitative estimate of drug-likeness (QED) is 0.267. The highest BCUT2D eigenvalue weighted by Crippen LogP contribution is 2.27. The Kier molecular flexibility index (Phi) is 13.2. The van der Waals surface area contributed by atoms with Gasteiger partial charge in [-0.1, -0.05) is 19.9 Å². The van der Waals surface area contributed by atoms with E-state index in [2.05, 4.69) is 54.3 Å². The average Bonchev–Trinajstić information content (AvgIpc) is 2.74. The van der Waals surface area contributed by atoms with Gasteiger partial charge in [-0.3, -0.25) is 9.89 Å². The van der Waals surface area contributed by atoms with Crippen molar-refractivity contribution in [3.05, 3.63) is 23.8 Å². The van der Waals surface area contributed by atoms with Crippen molar-refractivity contribution in [3.63, 3.8) is 0 Å². The number of hydrogen-bond acceptors (Lipinski definition) is 5. The van der Waals surface area contributed by atoms with Crippen LogP contribution in [0, 0.1) is 5.92 Å². The first kappa shape index (κ1) is 27.8. The van der Waals surface area contributed by atoms with Crippen molar-refractivity contribution < 1.29 is 9.47 Å². The summed E-state index contributed by atoms with van der Waals surface area (Å²) in [5.74, 6) is 2.99. The maximum Gasteiger partial charge on any atom is 0.191 e. The Hall–Kier alpha value is -1.26. The van der Waals surface area contributed by atoms with Crippen LogP contribution in [-0.4, -0.2) is 88.9 Å². The molecule has 1 aromatic carbocycles. The molecule has 1 aliphatic heterocycles. The van der Waals surface area contributed by atoms with E-state index in [0.717, 1.165) is 69.7 Å². The van der Waals surface area contributed by atoms with Gasteiger partial charge < -0.3 is 25.0 Å². The minimum absolute atomic E-state index is 0. The van der Waals surface area contributed by atoms with Crippen molar-refractivity contribution in [3.8, 4) is 11.5 Å². The van der Waals surface area contributed by atoms with Gasteiger partial charge in [0.15, 0.2) is 17.5 Å². The second kappa shape index (κ2) is 14.7. The Bertz CT molecular complexity index is 663. The number of hydrogen-bond donors (Lipinski definition) is 2. The van der Waals surface area contributed by atoms with E-state index in [1.54, 1.807) is 14.2 Å². The number of piperazine rings is 1. The lowest BCUT2D eigenvalue weighted by Crippen LogP contribution is -2.52. The Morgan fingerprint density at radius 2 is 1.74 bits per heavy atom. The summed E-state index contributed by atoms with van der Waals surface area (Å²) in [7, 11) is 5.53. The fraction of sp³-hybridized carbons (Fsp3) is 0.696. The maximum atomic E-state index is 5.41. The number of likely N-dealkylation sites (N-methyl/N-ethyl adjacent to an activating group) is 1. The predicted molar refractivity (Wildman–Crippen MR) is 140 cm³/mol. The van der Waals surface area contributed by atoms with Crippen molar-refractivity contribution in [2.24, 2.45) is 10.9 Å². The van der Waals surface area contributed by atoms with Crippen LogP contribution in [0.3, 0.4) is 0 Å². The van der Waals surface area contributed by atoms with Crippen LogP contribution >= 0.6 is 24.0 Å². The first-order chi connectivity index (χ1) is 14.5. The Morgan fingerprint density at radius 1 is 1.06 bits per heavy atom. The molecule has 0 bridgehead atoms. The lowest BCUT2D eigenvalue weighted by atomic mass is 10.0. The van der Waals surface area contributed by atoms with Gasteiger partial charge in [-0.25, -0.2) is 0 Å². The molecule has 0 spiro atoms. The summed E-state index contributed by atoms with van der Waals surface area (Å²) in [6.07, 6.45) is 0.886. The zero-order valence-corrected chi connectivity index (χ0v) is 22.4. The fourth-order valence-electron chi connectivity index (χ4n) is 3.79. The molecule has 1 heterocycles. The summed E-state index contributed by atoms with van der Waals surface area (Å²) in [6, 6.07) is 6.54. The highest BCUT2D eigenvalue weighted by Gasteiger charge is 2.24. The largest absolute Gasteiger partial charge is 0.493 e. The van der Waals surface area contributed by atoms with Gasteiger partial charge in [0, 0.05) is 45.3 Å². The Balaban J connectivity index is 0.00000480. The Morgan fingerprint density at radius 3 is 2.32 bits per heavy atom. The van der Waals surface area contributed by atoms with Gasteiger partial charge in [-0.2, -0.15) is 0 Å². The first-order valence-corrected chi connectivity index (χ1v) is 11.1. The molecule has 0 aliphatic carbocycles. The number of nitrogens with one attached hydrogen (secondary N) is 2. The molecule has 0 aromatic heterocycles. The molecule has 178 valence electrons. The van der Waals surface area contributed by atoms with E-state index in [1.807, 2.05) is 12.1 Å². The average molecular weight is 548 g/mol. The van der Waals surface area contributed by atoms with Crippen molar-refractivity contribution >= 4 is 29.9 Å². The molecule has 1 aromatic rings. The smallest absolute Gasteiger partial charge is 0.191 e. The highest BCUT2D eigenvalue weighted by atomic mass is 127. The number of aliphatic imine (C=N–C) groups is 1. The molecule has 8 heteroatoms. The summed E-state index contributed by atoms with van der Waals surface area (Å²) in [4.78, 5) is 9.91. The third-order valence-electron chi connectivity index (χ3n) is 5.71. The molecule has 1 aliphatic rings. The van der Waals surface area contributed by atoms with Gasteiger partial charge in [0.1, 0.15) is 0 Å². The SMILES string of the molecule is CCNC(=NCC(C(C)C)N1CCN(C)CC1)NCCc1ccc(OC)c(OC)c1.I. The number of methoxy groups -OCH3 is 2. The summed E-state index contributed by atoms with van der Waals surface area (Å²) < 4.78 is 10.7. The van der Waals surface area contributed by atoms with Crippen LogP contribution in [0.1, 0.15) is 26.3 Å². The standard InChI is InChI=1S/C23H41N5O2.HI/c1-7-24-23(25-11-10-19-8-9-21(29-5)22(16-19)30-6)26-17-20(18(2)3)28-14-12-27(4)13-15-28;/h8-9,16,18,20H,7,10-15,17H2,1-6H3,(H2,24,25,26);1H. The van der Waals surface area contributed by atoms with E-state index in [1.165, 1.54) is 5.56 Å². The fourth-order valence-corrected chi connectivity index (χ4v) is 3.79. The normalized spacial score (nSPS) is 16.5. The number of guanidine groups is 1.